The van der Waals surface area contributed by atoms with Crippen molar-refractivity contribution in [2.75, 3.05) is 0 Å². The van der Waals surface area contributed by atoms with Crippen LogP contribution in [-0.2, 0) is 0 Å². The van der Waals surface area contributed by atoms with E-state index in [9.17, 15) is 5.11 Å². The highest BCUT2D eigenvalue weighted by molar-refractivity contribution is 6.14. The fourth-order valence-corrected chi connectivity index (χ4v) is 2.80. The van der Waals surface area contributed by atoms with Gasteiger partial charge in [-0.1, -0.05) is 58.8 Å². The van der Waals surface area contributed by atoms with Gasteiger partial charge in [-0.05, 0) is 12.8 Å². The first kappa shape index (κ1) is 14.2. The van der Waals surface area contributed by atoms with Gasteiger partial charge >= 0.3 is 0 Å². The number of unbranched alkanes of at least 4 members (excludes halogenated alkanes) is 5. The maximum Gasteiger partial charge on any atom is 0.0451 e. The third-order valence-corrected chi connectivity index (χ3v) is 3.86. The topological polar surface area (TPSA) is 20.2 Å². The fourth-order valence-electron chi connectivity index (χ4n) is 1.95. The van der Waals surface area contributed by atoms with Crippen LogP contribution in [0.25, 0.3) is 0 Å². The van der Waals surface area contributed by atoms with Crippen molar-refractivity contribution in [3.63, 3.8) is 0 Å². The zero-order chi connectivity index (χ0) is 10.9. The van der Waals surface area contributed by atoms with Crippen molar-refractivity contribution < 1.29 is 5.11 Å². The number of hydrogen-bond donors (Lipinski definition) is 1. The van der Waals surface area contributed by atoms with E-state index in [2.05, 4.69) is 13.8 Å². The van der Waals surface area contributed by atoms with Gasteiger partial charge in [0.1, 0.15) is 0 Å². The molecule has 0 aliphatic carbocycles. The molecule has 1 N–H and O–H groups in total. The summed E-state index contributed by atoms with van der Waals surface area (Å²) in [6, 6.07) is 0. The highest BCUT2D eigenvalue weighted by Gasteiger charge is 2.17. The Morgan fingerprint density at radius 3 is 2.00 bits per heavy atom. The van der Waals surface area contributed by atoms with E-state index in [1.165, 1.54) is 38.5 Å². The maximum atomic E-state index is 9.98. The normalized spacial score (nSPS) is 15.6. The lowest BCUT2D eigenvalue weighted by molar-refractivity contribution is 0.104. The molecular weight excluding hydrogens is 188 g/mol. The van der Waals surface area contributed by atoms with Crippen molar-refractivity contribution in [3.05, 3.63) is 0 Å². The summed E-state index contributed by atoms with van der Waals surface area (Å²) in [6.07, 6.45) is 11.1. The van der Waals surface area contributed by atoms with Gasteiger partial charge in [-0.25, -0.2) is 0 Å². The van der Waals surface area contributed by atoms with Crippen LogP contribution < -0.4 is 0 Å². The lowest BCUT2D eigenvalue weighted by Gasteiger charge is -2.22. The van der Waals surface area contributed by atoms with Crippen molar-refractivity contribution in [3.8, 4) is 0 Å². The van der Waals surface area contributed by atoms with Gasteiger partial charge < -0.3 is 5.11 Å². The Hall–Kier alpha value is 0.177. The van der Waals surface area contributed by atoms with E-state index >= 15 is 0 Å². The fraction of sp³-hybridized carbons (Fsp3) is 1.00. The molecule has 0 saturated heterocycles. The van der Waals surface area contributed by atoms with E-state index in [1.807, 2.05) is 0 Å². The predicted octanol–water partition coefficient (Wildman–Crippen LogP) is 2.59. The summed E-state index contributed by atoms with van der Waals surface area (Å²) < 4.78 is 0. The van der Waals surface area contributed by atoms with E-state index in [0.717, 1.165) is 29.5 Å². The minimum absolute atomic E-state index is 0.264. The summed E-state index contributed by atoms with van der Waals surface area (Å²) >= 11 is 0. The molecule has 0 amide bonds. The van der Waals surface area contributed by atoms with Gasteiger partial charge in [-0.3, -0.25) is 0 Å². The predicted molar refractivity (Wildman–Crippen MR) is 67.8 cm³/mol. The monoisotopic (exact) mass is 216 g/mol. The summed E-state index contributed by atoms with van der Waals surface area (Å²) in [7, 11) is 0.933. The molecule has 0 fully saturated rings. The van der Waals surface area contributed by atoms with Gasteiger partial charge in [0.05, 0.1) is 0 Å². The second kappa shape index (κ2) is 8.48. The molecule has 1 unspecified atom stereocenters. The average Bonchev–Trinajstić information content (AvgIpc) is 2.11. The van der Waals surface area contributed by atoms with Crippen molar-refractivity contribution in [2.45, 2.75) is 76.9 Å². The molecule has 1 atom stereocenters. The molecule has 0 heterocycles. The molecule has 0 aromatic carbocycles. The van der Waals surface area contributed by atoms with Gasteiger partial charge in [0.2, 0.25) is 0 Å². The van der Waals surface area contributed by atoms with E-state index in [-0.39, 0.29) is 5.22 Å². The zero-order valence-corrected chi connectivity index (χ0v) is 12.3. The van der Waals surface area contributed by atoms with Gasteiger partial charge in [0.25, 0.3) is 0 Å². The Morgan fingerprint density at radius 2 is 1.43 bits per heavy atom. The van der Waals surface area contributed by atoms with E-state index in [4.69, 9.17) is 0 Å². The Kier molecular flexibility index (Phi) is 8.59. The summed E-state index contributed by atoms with van der Waals surface area (Å²) in [6.45, 7) is 4.40. The highest BCUT2D eigenvalue weighted by Crippen LogP contribution is 2.17. The van der Waals surface area contributed by atoms with Crippen LogP contribution in [0.1, 0.15) is 71.6 Å². The zero-order valence-electron chi connectivity index (χ0n) is 10.3. The molecule has 0 bridgehead atoms. The lowest BCUT2D eigenvalue weighted by atomic mass is 10.0. The standard InChI is InChI=1S/C12H28OSi/c1-3-5-6-7-8-9-11-12(13,14)10-4-2/h13H,3-11H2,1-2,14H3. The Bertz CT molecular complexity index is 123. The highest BCUT2D eigenvalue weighted by atomic mass is 28.1. The Labute approximate surface area is 92.7 Å². The van der Waals surface area contributed by atoms with Crippen LogP contribution >= 0.6 is 0 Å². The molecule has 0 saturated carbocycles. The van der Waals surface area contributed by atoms with Crippen LogP contribution in [0, 0.1) is 0 Å². The lowest BCUT2D eigenvalue weighted by Crippen LogP contribution is -2.28. The van der Waals surface area contributed by atoms with Crippen LogP contribution in [0.5, 0.6) is 0 Å². The van der Waals surface area contributed by atoms with Gasteiger partial charge in [0, 0.05) is 15.5 Å². The van der Waals surface area contributed by atoms with E-state index in [0.29, 0.717) is 0 Å². The number of rotatable bonds is 9. The summed E-state index contributed by atoms with van der Waals surface area (Å²) in [5.41, 5.74) is 0. The van der Waals surface area contributed by atoms with Crippen LogP contribution in [0.4, 0.5) is 0 Å². The van der Waals surface area contributed by atoms with Gasteiger partial charge in [0.15, 0.2) is 0 Å². The third-order valence-electron chi connectivity index (χ3n) is 2.86. The molecule has 0 aromatic rings. The third kappa shape index (κ3) is 8.76. The first-order valence-electron chi connectivity index (χ1n) is 6.34. The molecule has 0 aromatic heterocycles. The molecule has 0 aliphatic heterocycles. The summed E-state index contributed by atoms with van der Waals surface area (Å²) in [4.78, 5) is 0. The van der Waals surface area contributed by atoms with Crippen molar-refractivity contribution in [1.29, 1.82) is 0 Å². The number of hydrogen-bond acceptors (Lipinski definition) is 1. The van der Waals surface area contributed by atoms with Gasteiger partial charge in [-0.2, -0.15) is 0 Å². The van der Waals surface area contributed by atoms with E-state index < -0.39 is 0 Å². The Balaban J connectivity index is 3.26. The minimum Gasteiger partial charge on any atom is -0.394 e. The minimum atomic E-state index is -0.264. The maximum absolute atomic E-state index is 9.98. The number of aliphatic hydroxyl groups is 1. The molecule has 0 spiro atoms. The van der Waals surface area contributed by atoms with Gasteiger partial charge in [-0.15, -0.1) is 0 Å². The second-order valence-corrected chi connectivity index (χ2v) is 6.63. The SMILES string of the molecule is CCCCCCCCC(O)([SiH3])CCC. The summed E-state index contributed by atoms with van der Waals surface area (Å²) in [5, 5.41) is 9.71. The molecule has 0 aliphatic rings. The van der Waals surface area contributed by atoms with E-state index in [1.54, 1.807) is 0 Å². The molecular formula is C12H28OSi. The Morgan fingerprint density at radius 1 is 0.857 bits per heavy atom. The first-order chi connectivity index (χ1) is 6.62. The molecule has 0 radical (unpaired) electrons. The molecule has 0 rings (SSSR count). The summed E-state index contributed by atoms with van der Waals surface area (Å²) in [5.74, 6) is 0. The quantitative estimate of drug-likeness (QED) is 0.464. The van der Waals surface area contributed by atoms with Crippen molar-refractivity contribution in [2.24, 2.45) is 0 Å². The van der Waals surface area contributed by atoms with Crippen LogP contribution in [0.3, 0.4) is 0 Å². The van der Waals surface area contributed by atoms with Crippen LogP contribution in [0.2, 0.25) is 0 Å². The van der Waals surface area contributed by atoms with Crippen LogP contribution in [0.15, 0.2) is 0 Å². The second-order valence-electron chi connectivity index (χ2n) is 4.76. The molecule has 86 valence electrons. The molecule has 2 heteroatoms. The smallest absolute Gasteiger partial charge is 0.0451 e. The van der Waals surface area contributed by atoms with Crippen molar-refractivity contribution in [1.82, 2.24) is 0 Å². The van der Waals surface area contributed by atoms with Crippen LogP contribution in [-0.4, -0.2) is 20.6 Å². The van der Waals surface area contributed by atoms with Crippen molar-refractivity contribution >= 4 is 10.2 Å². The molecule has 14 heavy (non-hydrogen) atoms. The molecule has 1 nitrogen and oxygen atoms in total. The first-order valence-corrected chi connectivity index (χ1v) is 7.34. The average molecular weight is 216 g/mol. The largest absolute Gasteiger partial charge is 0.394 e.